The molecule has 2 saturated carbocycles. The molecule has 0 amide bonds. The minimum atomic E-state index is 0.707. The zero-order valence-corrected chi connectivity index (χ0v) is 13.9. The van der Waals surface area contributed by atoms with E-state index < -0.39 is 0 Å². The number of nitrogens with zero attached hydrogens (tertiary/aromatic N) is 1. The van der Waals surface area contributed by atoms with Gasteiger partial charge in [0.15, 0.2) is 0 Å². The summed E-state index contributed by atoms with van der Waals surface area (Å²) < 4.78 is 0. The van der Waals surface area contributed by atoms with Crippen LogP contribution in [0.2, 0.25) is 0 Å². The van der Waals surface area contributed by atoms with E-state index in [1.807, 2.05) is 0 Å². The molecule has 0 heterocycles. The fourth-order valence-electron chi connectivity index (χ4n) is 3.88. The summed E-state index contributed by atoms with van der Waals surface area (Å²) in [4.78, 5) is 2.69. The van der Waals surface area contributed by atoms with Crippen LogP contribution in [0.4, 0.5) is 0 Å². The van der Waals surface area contributed by atoms with Crippen LogP contribution in [0.25, 0.3) is 0 Å². The van der Waals surface area contributed by atoms with E-state index in [0.717, 1.165) is 12.0 Å². The molecule has 20 heavy (non-hydrogen) atoms. The van der Waals surface area contributed by atoms with Crippen molar-refractivity contribution < 1.29 is 0 Å². The summed E-state index contributed by atoms with van der Waals surface area (Å²) in [6, 6.07) is 1.47. The van der Waals surface area contributed by atoms with Crippen molar-refractivity contribution in [2.75, 3.05) is 20.6 Å². The van der Waals surface area contributed by atoms with Gasteiger partial charge in [0, 0.05) is 18.6 Å². The third kappa shape index (κ3) is 5.73. The van der Waals surface area contributed by atoms with Crippen LogP contribution in [0.1, 0.15) is 77.0 Å². The van der Waals surface area contributed by atoms with Crippen LogP contribution in [0.5, 0.6) is 0 Å². The Morgan fingerprint density at radius 1 is 0.800 bits per heavy atom. The maximum Gasteiger partial charge on any atom is 0.0246 e. The highest BCUT2D eigenvalue weighted by Crippen LogP contribution is 2.31. The average Bonchev–Trinajstić information content (AvgIpc) is 3.23. The van der Waals surface area contributed by atoms with Crippen molar-refractivity contribution in [3.05, 3.63) is 0 Å². The quantitative estimate of drug-likeness (QED) is 0.830. The van der Waals surface area contributed by atoms with Crippen molar-refractivity contribution >= 4 is 0 Å². The number of nitrogens with one attached hydrogen (secondary N) is 1. The van der Waals surface area contributed by atoms with Crippen LogP contribution in [0.15, 0.2) is 0 Å². The SMILES string of the molecule is CNC1CCCCCCCCCCC1N(C)CC1CC1. The molecule has 0 aromatic carbocycles. The van der Waals surface area contributed by atoms with Gasteiger partial charge in [-0.1, -0.05) is 51.4 Å². The fraction of sp³-hybridized carbons (Fsp3) is 1.00. The molecule has 0 aliphatic heterocycles. The van der Waals surface area contributed by atoms with Crippen molar-refractivity contribution in [2.24, 2.45) is 5.92 Å². The Morgan fingerprint density at radius 3 is 1.90 bits per heavy atom. The van der Waals surface area contributed by atoms with Gasteiger partial charge >= 0.3 is 0 Å². The highest BCUT2D eigenvalue weighted by Gasteiger charge is 2.29. The summed E-state index contributed by atoms with van der Waals surface area (Å²) in [5, 5.41) is 3.64. The fourth-order valence-corrected chi connectivity index (χ4v) is 3.88. The van der Waals surface area contributed by atoms with Crippen LogP contribution in [-0.4, -0.2) is 37.6 Å². The second kappa shape index (κ2) is 9.04. The lowest BCUT2D eigenvalue weighted by molar-refractivity contribution is 0.167. The topological polar surface area (TPSA) is 15.3 Å². The normalized spacial score (nSPS) is 30.8. The maximum absolute atomic E-state index is 3.64. The van der Waals surface area contributed by atoms with Crippen LogP contribution in [0.3, 0.4) is 0 Å². The molecule has 2 aliphatic rings. The summed E-state index contributed by atoms with van der Waals surface area (Å²) in [5.74, 6) is 1.01. The van der Waals surface area contributed by atoms with Gasteiger partial charge in [-0.05, 0) is 45.7 Å². The van der Waals surface area contributed by atoms with E-state index in [4.69, 9.17) is 0 Å². The molecule has 0 spiro atoms. The highest BCUT2D eigenvalue weighted by molar-refractivity contribution is 4.86. The molecule has 2 nitrogen and oxygen atoms in total. The predicted octanol–water partition coefficient (Wildman–Crippen LogP) is 4.20. The average molecular weight is 281 g/mol. The first-order chi connectivity index (χ1) is 9.81. The monoisotopic (exact) mass is 280 g/mol. The van der Waals surface area contributed by atoms with Crippen molar-refractivity contribution in [3.8, 4) is 0 Å². The van der Waals surface area contributed by atoms with Gasteiger partial charge in [-0.2, -0.15) is 0 Å². The summed E-state index contributed by atoms with van der Waals surface area (Å²) in [7, 11) is 4.55. The highest BCUT2D eigenvalue weighted by atomic mass is 15.2. The van der Waals surface area contributed by atoms with Gasteiger partial charge in [0.05, 0.1) is 0 Å². The summed E-state index contributed by atoms with van der Waals surface area (Å²) in [6.45, 7) is 1.34. The van der Waals surface area contributed by atoms with Gasteiger partial charge in [0.2, 0.25) is 0 Å². The minimum Gasteiger partial charge on any atom is -0.315 e. The second-order valence-electron chi connectivity index (χ2n) is 7.25. The van der Waals surface area contributed by atoms with Crippen molar-refractivity contribution in [1.29, 1.82) is 0 Å². The molecule has 2 aliphatic carbocycles. The van der Waals surface area contributed by atoms with Gasteiger partial charge in [0.25, 0.3) is 0 Å². The lowest BCUT2D eigenvalue weighted by Gasteiger charge is -2.35. The molecule has 0 saturated heterocycles. The second-order valence-corrected chi connectivity index (χ2v) is 7.25. The number of hydrogen-bond donors (Lipinski definition) is 1. The molecule has 2 rings (SSSR count). The third-order valence-corrected chi connectivity index (χ3v) is 5.41. The Bertz CT molecular complexity index is 250. The molecule has 2 heteroatoms. The van der Waals surface area contributed by atoms with E-state index in [1.165, 1.54) is 83.6 Å². The van der Waals surface area contributed by atoms with Crippen LogP contribution >= 0.6 is 0 Å². The van der Waals surface area contributed by atoms with E-state index in [9.17, 15) is 0 Å². The van der Waals surface area contributed by atoms with Gasteiger partial charge in [-0.25, -0.2) is 0 Å². The third-order valence-electron chi connectivity index (χ3n) is 5.41. The summed E-state index contributed by atoms with van der Waals surface area (Å²) >= 11 is 0. The molecule has 0 radical (unpaired) electrons. The van der Waals surface area contributed by atoms with Crippen LogP contribution in [0, 0.1) is 5.92 Å². The Morgan fingerprint density at radius 2 is 1.35 bits per heavy atom. The van der Waals surface area contributed by atoms with Crippen molar-refractivity contribution in [1.82, 2.24) is 10.2 Å². The largest absolute Gasteiger partial charge is 0.315 e. The smallest absolute Gasteiger partial charge is 0.0246 e. The molecular weight excluding hydrogens is 244 g/mol. The van der Waals surface area contributed by atoms with Gasteiger partial charge < -0.3 is 10.2 Å². The molecule has 1 N–H and O–H groups in total. The Labute approximate surface area is 126 Å². The summed E-state index contributed by atoms with van der Waals surface area (Å²) in [6.07, 6.45) is 17.3. The number of hydrogen-bond acceptors (Lipinski definition) is 2. The maximum atomic E-state index is 3.64. The van der Waals surface area contributed by atoms with E-state index >= 15 is 0 Å². The van der Waals surface area contributed by atoms with E-state index in [1.54, 1.807) is 0 Å². The predicted molar refractivity (Wildman–Crippen MR) is 88.2 cm³/mol. The molecule has 0 aromatic heterocycles. The lowest BCUT2D eigenvalue weighted by Crippen LogP contribution is -2.48. The van der Waals surface area contributed by atoms with Crippen molar-refractivity contribution in [2.45, 2.75) is 89.1 Å². The molecule has 0 aromatic rings. The van der Waals surface area contributed by atoms with Gasteiger partial charge in [-0.3, -0.25) is 0 Å². The van der Waals surface area contributed by atoms with E-state index in [0.29, 0.717) is 6.04 Å². The molecule has 118 valence electrons. The lowest BCUT2D eigenvalue weighted by atomic mass is 9.93. The standard InChI is InChI=1S/C18H36N2/c1-19-17-11-9-7-5-3-4-6-8-10-12-18(17)20(2)15-16-13-14-16/h16-19H,3-15H2,1-2H3. The molecule has 2 atom stereocenters. The first-order valence-corrected chi connectivity index (χ1v) is 9.18. The first-order valence-electron chi connectivity index (χ1n) is 9.18. The Kier molecular flexibility index (Phi) is 7.37. The van der Waals surface area contributed by atoms with Crippen LogP contribution in [-0.2, 0) is 0 Å². The molecule has 2 fully saturated rings. The van der Waals surface area contributed by atoms with Gasteiger partial charge in [0.1, 0.15) is 0 Å². The number of likely N-dealkylation sites (N-methyl/N-ethyl adjacent to an activating group) is 2. The van der Waals surface area contributed by atoms with Crippen LogP contribution < -0.4 is 5.32 Å². The Balaban J connectivity index is 1.88. The van der Waals surface area contributed by atoms with E-state index in [-0.39, 0.29) is 0 Å². The van der Waals surface area contributed by atoms with E-state index in [2.05, 4.69) is 24.3 Å². The van der Waals surface area contributed by atoms with Gasteiger partial charge in [-0.15, -0.1) is 0 Å². The first kappa shape index (κ1) is 16.3. The molecule has 0 bridgehead atoms. The van der Waals surface area contributed by atoms with Crippen molar-refractivity contribution in [3.63, 3.8) is 0 Å². The zero-order chi connectivity index (χ0) is 14.2. The number of rotatable bonds is 4. The molecule has 2 unspecified atom stereocenters. The minimum absolute atomic E-state index is 0.707. The molecular formula is C18H36N2. The Hall–Kier alpha value is -0.0800. The zero-order valence-electron chi connectivity index (χ0n) is 13.9. The summed E-state index contributed by atoms with van der Waals surface area (Å²) in [5.41, 5.74) is 0.